The highest BCUT2D eigenvalue weighted by molar-refractivity contribution is 6.17. The summed E-state index contributed by atoms with van der Waals surface area (Å²) in [5.74, 6) is -1.33. The third kappa shape index (κ3) is 3.93. The fourth-order valence-corrected chi connectivity index (χ4v) is 4.12. The van der Waals surface area contributed by atoms with Crippen LogP contribution in [0.1, 0.15) is 39.7 Å². The van der Waals surface area contributed by atoms with Gasteiger partial charge in [0, 0.05) is 16.5 Å². The van der Waals surface area contributed by atoms with Crippen LogP contribution in [0.3, 0.4) is 0 Å². The molecule has 0 bridgehead atoms. The maximum atomic E-state index is 14.1. The molecule has 34 heavy (non-hydrogen) atoms. The Bertz CT molecular complexity index is 1410. The lowest BCUT2D eigenvalue weighted by molar-refractivity contribution is -0.117. The molecule has 1 fully saturated rings. The van der Waals surface area contributed by atoms with Crippen LogP contribution in [0.15, 0.2) is 71.1 Å². The van der Waals surface area contributed by atoms with Crippen LogP contribution in [0.5, 0.6) is 5.75 Å². The number of aryl methyl sites for hydroxylation is 1. The summed E-state index contributed by atoms with van der Waals surface area (Å²) >= 11 is 0. The number of anilines is 1. The molecule has 1 aliphatic heterocycles. The van der Waals surface area contributed by atoms with E-state index in [2.05, 4.69) is 16.2 Å². The summed E-state index contributed by atoms with van der Waals surface area (Å²) in [5, 5.41) is 13.5. The van der Waals surface area contributed by atoms with Crippen LogP contribution in [0.2, 0.25) is 0 Å². The summed E-state index contributed by atoms with van der Waals surface area (Å²) in [5.41, 5.74) is 7.87. The third-order valence-electron chi connectivity index (χ3n) is 6.02. The second kappa shape index (κ2) is 8.74. The first-order valence-corrected chi connectivity index (χ1v) is 10.8. The van der Waals surface area contributed by atoms with Crippen molar-refractivity contribution in [3.8, 4) is 5.75 Å². The Morgan fingerprint density at radius 2 is 1.82 bits per heavy atom. The fraction of sp³-hybridized carbons (Fsp3) is 0.154. The predicted molar refractivity (Wildman–Crippen MR) is 125 cm³/mol. The molecule has 0 radical (unpaired) electrons. The van der Waals surface area contributed by atoms with Crippen molar-refractivity contribution in [1.29, 1.82) is 0 Å². The van der Waals surface area contributed by atoms with Gasteiger partial charge in [0.25, 0.3) is 0 Å². The molecule has 0 saturated carbocycles. The molecule has 1 amide bonds. The molecule has 1 aliphatic rings. The van der Waals surface area contributed by atoms with Gasteiger partial charge in [0.15, 0.2) is 5.76 Å². The average Bonchev–Trinajstić information content (AvgIpc) is 3.46. The Kier molecular flexibility index (Phi) is 5.61. The van der Waals surface area contributed by atoms with Crippen LogP contribution in [0, 0.1) is 12.7 Å². The van der Waals surface area contributed by atoms with E-state index in [-0.39, 0.29) is 34.7 Å². The summed E-state index contributed by atoms with van der Waals surface area (Å²) in [6, 6.07) is 17.2. The van der Waals surface area contributed by atoms with Crippen molar-refractivity contribution < 1.29 is 23.5 Å². The van der Waals surface area contributed by atoms with Crippen molar-refractivity contribution in [3.63, 3.8) is 0 Å². The molecular weight excluding hydrogens is 437 g/mol. The summed E-state index contributed by atoms with van der Waals surface area (Å²) in [6.45, 7) is 1.61. The number of carbonyl (C=O) groups is 2. The van der Waals surface area contributed by atoms with Crippen molar-refractivity contribution in [2.45, 2.75) is 25.4 Å². The number of ketones is 1. The number of furan rings is 1. The highest BCUT2D eigenvalue weighted by atomic mass is 19.1. The molecule has 172 valence electrons. The van der Waals surface area contributed by atoms with E-state index in [1.807, 2.05) is 6.07 Å². The van der Waals surface area contributed by atoms with Gasteiger partial charge in [-0.2, -0.15) is 0 Å². The van der Waals surface area contributed by atoms with Gasteiger partial charge in [-0.1, -0.05) is 42.5 Å². The van der Waals surface area contributed by atoms with E-state index >= 15 is 0 Å². The number of nitrogens with one attached hydrogen (secondary N) is 3. The van der Waals surface area contributed by atoms with E-state index < -0.39 is 17.6 Å². The Balaban J connectivity index is 1.43. The Hall–Kier alpha value is -4.01. The van der Waals surface area contributed by atoms with Crippen LogP contribution in [0.4, 0.5) is 10.1 Å². The first-order chi connectivity index (χ1) is 16.4. The van der Waals surface area contributed by atoms with Crippen LogP contribution < -0.4 is 16.2 Å². The van der Waals surface area contributed by atoms with E-state index in [1.165, 1.54) is 12.1 Å². The second-order valence-electron chi connectivity index (χ2n) is 8.27. The molecule has 1 aromatic heterocycles. The van der Waals surface area contributed by atoms with Gasteiger partial charge in [0.2, 0.25) is 11.7 Å². The Morgan fingerprint density at radius 3 is 2.62 bits per heavy atom. The average molecular weight is 459 g/mol. The van der Waals surface area contributed by atoms with Crippen molar-refractivity contribution in [2.24, 2.45) is 0 Å². The number of halogens is 1. The van der Waals surface area contributed by atoms with Gasteiger partial charge in [0.05, 0.1) is 11.7 Å². The Labute approximate surface area is 194 Å². The van der Waals surface area contributed by atoms with Gasteiger partial charge in [-0.05, 0) is 43.2 Å². The lowest BCUT2D eigenvalue weighted by Crippen LogP contribution is -2.39. The van der Waals surface area contributed by atoms with Gasteiger partial charge < -0.3 is 14.8 Å². The van der Waals surface area contributed by atoms with Gasteiger partial charge in [-0.3, -0.25) is 9.59 Å². The summed E-state index contributed by atoms with van der Waals surface area (Å²) in [4.78, 5) is 26.3. The SMILES string of the molecule is Cc1ccc(C(=O)c2oc3ccccc3c2NC(=O)C2CC(c3ccccc3O)NN2)cc1F. The topological polar surface area (TPSA) is 104 Å². The number of hydrogen-bond acceptors (Lipinski definition) is 6. The number of carbonyl (C=O) groups excluding carboxylic acids is 2. The summed E-state index contributed by atoms with van der Waals surface area (Å²) in [7, 11) is 0. The summed E-state index contributed by atoms with van der Waals surface area (Å²) in [6.07, 6.45) is 0.381. The number of aromatic hydroxyl groups is 1. The number of fused-ring (bicyclic) bond motifs is 1. The zero-order chi connectivity index (χ0) is 23.8. The van der Waals surface area contributed by atoms with Crippen molar-refractivity contribution in [2.75, 3.05) is 5.32 Å². The Morgan fingerprint density at radius 1 is 1.06 bits per heavy atom. The van der Waals surface area contributed by atoms with Crippen molar-refractivity contribution in [3.05, 3.63) is 95.0 Å². The molecule has 2 atom stereocenters. The minimum Gasteiger partial charge on any atom is -0.508 e. The first kappa shape index (κ1) is 21.8. The van der Waals surface area contributed by atoms with E-state index in [9.17, 15) is 19.1 Å². The molecule has 7 nitrogen and oxygen atoms in total. The van der Waals surface area contributed by atoms with Gasteiger partial charge in [-0.25, -0.2) is 15.2 Å². The normalized spacial score (nSPS) is 17.7. The minimum atomic E-state index is -0.627. The molecule has 2 heterocycles. The molecule has 0 spiro atoms. The third-order valence-corrected chi connectivity index (χ3v) is 6.02. The quantitative estimate of drug-likeness (QED) is 0.331. The van der Waals surface area contributed by atoms with E-state index in [1.54, 1.807) is 49.4 Å². The zero-order valence-electron chi connectivity index (χ0n) is 18.3. The second-order valence-corrected chi connectivity index (χ2v) is 8.27. The standard InChI is InChI=1S/C26H22FN3O4/c1-14-10-11-15(12-18(14)27)24(32)25-23(17-7-3-5-9-22(17)34-25)28-26(33)20-13-19(29-30-20)16-6-2-4-8-21(16)31/h2-12,19-20,29-31H,13H2,1H3,(H,28,33). The highest BCUT2D eigenvalue weighted by Crippen LogP contribution is 2.34. The molecular formula is C26H22FN3O4. The summed E-state index contributed by atoms with van der Waals surface area (Å²) < 4.78 is 19.9. The number of phenolic OH excluding ortho intramolecular Hbond substituents is 1. The molecule has 8 heteroatoms. The van der Waals surface area contributed by atoms with Crippen LogP contribution in [0.25, 0.3) is 11.0 Å². The van der Waals surface area contributed by atoms with Gasteiger partial charge in [-0.15, -0.1) is 0 Å². The lowest BCUT2D eigenvalue weighted by atomic mass is 10.0. The van der Waals surface area contributed by atoms with Gasteiger partial charge >= 0.3 is 0 Å². The van der Waals surface area contributed by atoms with Crippen LogP contribution in [-0.4, -0.2) is 22.8 Å². The predicted octanol–water partition coefficient (Wildman–Crippen LogP) is 4.36. The maximum absolute atomic E-state index is 14.1. The monoisotopic (exact) mass is 459 g/mol. The molecule has 3 aromatic carbocycles. The lowest BCUT2D eigenvalue weighted by Gasteiger charge is -2.12. The van der Waals surface area contributed by atoms with Crippen molar-refractivity contribution in [1.82, 2.24) is 10.9 Å². The molecule has 2 unspecified atom stereocenters. The van der Waals surface area contributed by atoms with Crippen molar-refractivity contribution >= 4 is 28.3 Å². The van der Waals surface area contributed by atoms with E-state index in [4.69, 9.17) is 4.42 Å². The number of benzene rings is 3. The fourth-order valence-electron chi connectivity index (χ4n) is 4.12. The minimum absolute atomic E-state index is 0.0685. The molecule has 4 N–H and O–H groups in total. The number of amides is 1. The molecule has 4 aromatic rings. The van der Waals surface area contributed by atoms with Crippen LogP contribution >= 0.6 is 0 Å². The number of hydrogen-bond donors (Lipinski definition) is 4. The first-order valence-electron chi connectivity index (χ1n) is 10.8. The number of para-hydroxylation sites is 2. The number of hydrazine groups is 1. The zero-order valence-corrected chi connectivity index (χ0v) is 18.3. The maximum Gasteiger partial charge on any atom is 0.243 e. The highest BCUT2D eigenvalue weighted by Gasteiger charge is 2.33. The van der Waals surface area contributed by atoms with E-state index in [0.29, 0.717) is 28.5 Å². The molecule has 0 aliphatic carbocycles. The number of phenols is 1. The molecule has 1 saturated heterocycles. The largest absolute Gasteiger partial charge is 0.508 e. The van der Waals surface area contributed by atoms with Gasteiger partial charge in [0.1, 0.15) is 23.2 Å². The number of rotatable bonds is 5. The van der Waals surface area contributed by atoms with E-state index in [0.717, 1.165) is 6.07 Å². The van der Waals surface area contributed by atoms with Crippen LogP contribution in [-0.2, 0) is 4.79 Å². The molecule has 5 rings (SSSR count). The smallest absolute Gasteiger partial charge is 0.243 e.